The van der Waals surface area contributed by atoms with Gasteiger partial charge >= 0.3 is 0 Å². The van der Waals surface area contributed by atoms with E-state index in [0.717, 1.165) is 11.1 Å². The second kappa shape index (κ2) is 7.59. The van der Waals surface area contributed by atoms with Crippen molar-refractivity contribution in [1.82, 2.24) is 25.1 Å². The predicted molar refractivity (Wildman–Crippen MR) is 105 cm³/mol. The van der Waals surface area contributed by atoms with Crippen molar-refractivity contribution in [3.63, 3.8) is 0 Å². The summed E-state index contributed by atoms with van der Waals surface area (Å²) in [5.41, 5.74) is 1.62. The van der Waals surface area contributed by atoms with Crippen LogP contribution in [-0.4, -0.2) is 25.1 Å². The highest BCUT2D eigenvalue weighted by Crippen LogP contribution is 2.26. The fourth-order valence-corrected chi connectivity index (χ4v) is 3.26. The Bertz CT molecular complexity index is 1060. The summed E-state index contributed by atoms with van der Waals surface area (Å²) >= 11 is 13.1. The average Bonchev–Trinajstić information content (AvgIpc) is 3.28. The van der Waals surface area contributed by atoms with Crippen molar-refractivity contribution in [2.75, 3.05) is 5.84 Å². The molecule has 0 saturated carbocycles. The first kappa shape index (κ1) is 17.8. The highest BCUT2D eigenvalue weighted by atomic mass is 35.5. The third-order valence-electron chi connectivity index (χ3n) is 3.65. The summed E-state index contributed by atoms with van der Waals surface area (Å²) in [7, 11) is 0. The molecular formula is C17H12Cl2N6OS. The zero-order chi connectivity index (χ0) is 18.8. The lowest BCUT2D eigenvalue weighted by molar-refractivity contribution is 0.528. The molecule has 2 heterocycles. The molecule has 0 radical (unpaired) electrons. The number of halogens is 2. The number of hydrogen-bond acceptors (Lipinski definition) is 7. The molecule has 2 aromatic heterocycles. The van der Waals surface area contributed by atoms with Crippen molar-refractivity contribution in [2.45, 2.75) is 10.9 Å². The molecule has 27 heavy (non-hydrogen) atoms. The second-order valence-electron chi connectivity index (χ2n) is 5.48. The van der Waals surface area contributed by atoms with Crippen LogP contribution >= 0.6 is 35.0 Å². The molecule has 136 valence electrons. The van der Waals surface area contributed by atoms with Gasteiger partial charge in [-0.2, -0.15) is 0 Å². The van der Waals surface area contributed by atoms with E-state index in [4.69, 9.17) is 33.5 Å². The van der Waals surface area contributed by atoms with Crippen LogP contribution in [0.15, 0.2) is 58.1 Å². The van der Waals surface area contributed by atoms with E-state index in [1.807, 2.05) is 24.3 Å². The van der Waals surface area contributed by atoms with Gasteiger partial charge in [0.25, 0.3) is 0 Å². The minimum Gasteiger partial charge on any atom is -0.420 e. The first-order chi connectivity index (χ1) is 13.1. The maximum Gasteiger partial charge on any atom is 0.247 e. The van der Waals surface area contributed by atoms with Crippen LogP contribution in [0.1, 0.15) is 5.89 Å². The first-order valence-corrected chi connectivity index (χ1v) is 9.52. The van der Waals surface area contributed by atoms with Crippen molar-refractivity contribution in [2.24, 2.45) is 0 Å². The van der Waals surface area contributed by atoms with Gasteiger partial charge in [-0.3, -0.25) is 0 Å². The predicted octanol–water partition coefficient (Wildman–Crippen LogP) is 4.31. The largest absolute Gasteiger partial charge is 0.420 e. The van der Waals surface area contributed by atoms with Gasteiger partial charge < -0.3 is 10.3 Å². The van der Waals surface area contributed by atoms with Crippen molar-refractivity contribution < 1.29 is 4.42 Å². The molecule has 0 atom stereocenters. The van der Waals surface area contributed by atoms with Crippen LogP contribution in [0, 0.1) is 0 Å². The van der Waals surface area contributed by atoms with Crippen LogP contribution in [0.3, 0.4) is 0 Å². The van der Waals surface area contributed by atoms with Gasteiger partial charge in [-0.15, -0.1) is 20.4 Å². The minimum absolute atomic E-state index is 0.413. The summed E-state index contributed by atoms with van der Waals surface area (Å²) < 4.78 is 7.10. The molecule has 2 aromatic carbocycles. The summed E-state index contributed by atoms with van der Waals surface area (Å²) in [4.78, 5) is 0. The number of hydrogen-bond donors (Lipinski definition) is 1. The molecule has 0 aliphatic heterocycles. The molecule has 0 bridgehead atoms. The molecule has 0 amide bonds. The maximum absolute atomic E-state index is 6.11. The fraction of sp³-hybridized carbons (Fsp3) is 0.0588. The summed E-state index contributed by atoms with van der Waals surface area (Å²) in [6, 6.07) is 14.4. The lowest BCUT2D eigenvalue weighted by Crippen LogP contribution is -2.11. The molecule has 0 unspecified atom stereocenters. The molecule has 0 aliphatic rings. The highest BCUT2D eigenvalue weighted by Gasteiger charge is 2.15. The topological polar surface area (TPSA) is 95.7 Å². The van der Waals surface area contributed by atoms with E-state index in [9.17, 15) is 0 Å². The lowest BCUT2D eigenvalue weighted by Gasteiger charge is -2.02. The number of nitrogens with zero attached hydrogens (tertiary/aromatic N) is 5. The van der Waals surface area contributed by atoms with Gasteiger partial charge in [0, 0.05) is 21.2 Å². The standard InChI is InChI=1S/C17H12Cl2N6OS/c18-12-5-1-10(2-6-12)15-22-24-17(25(15)20)27-9-14-21-23-16(26-14)11-3-7-13(19)8-4-11/h1-8H,9,20H2. The number of nitrogen functional groups attached to an aromatic ring is 1. The van der Waals surface area contributed by atoms with Crippen molar-refractivity contribution in [3.8, 4) is 22.8 Å². The van der Waals surface area contributed by atoms with Crippen LogP contribution in [0.2, 0.25) is 10.0 Å². The number of aromatic nitrogens is 5. The minimum atomic E-state index is 0.413. The third kappa shape index (κ3) is 3.92. The summed E-state index contributed by atoms with van der Waals surface area (Å²) in [6.07, 6.45) is 0. The van der Waals surface area contributed by atoms with E-state index in [1.165, 1.54) is 16.4 Å². The van der Waals surface area contributed by atoms with Crippen molar-refractivity contribution >= 4 is 35.0 Å². The Morgan fingerprint density at radius 3 is 2.15 bits per heavy atom. The normalized spacial score (nSPS) is 11.0. The maximum atomic E-state index is 6.11. The Morgan fingerprint density at radius 2 is 1.48 bits per heavy atom. The van der Waals surface area contributed by atoms with E-state index in [0.29, 0.717) is 38.6 Å². The summed E-state index contributed by atoms with van der Waals surface area (Å²) in [6.45, 7) is 0. The summed E-state index contributed by atoms with van der Waals surface area (Å²) in [5.74, 6) is 7.95. The molecule has 0 fully saturated rings. The van der Waals surface area contributed by atoms with E-state index >= 15 is 0 Å². The molecule has 0 spiro atoms. The van der Waals surface area contributed by atoms with Gasteiger partial charge in [-0.05, 0) is 48.5 Å². The number of nitrogens with two attached hydrogens (primary N) is 1. The molecule has 4 rings (SSSR count). The lowest BCUT2D eigenvalue weighted by atomic mass is 10.2. The molecule has 7 nitrogen and oxygen atoms in total. The van der Waals surface area contributed by atoms with Gasteiger partial charge in [0.1, 0.15) is 0 Å². The van der Waals surface area contributed by atoms with Gasteiger partial charge in [-0.25, -0.2) is 4.68 Å². The first-order valence-electron chi connectivity index (χ1n) is 7.78. The SMILES string of the molecule is Nn1c(SCc2nnc(-c3ccc(Cl)cc3)o2)nnc1-c1ccc(Cl)cc1. The third-order valence-corrected chi connectivity index (χ3v) is 5.08. The van der Waals surface area contributed by atoms with Gasteiger partial charge in [0.2, 0.25) is 16.9 Å². The second-order valence-corrected chi connectivity index (χ2v) is 7.29. The summed E-state index contributed by atoms with van der Waals surface area (Å²) in [5, 5.41) is 18.2. The molecule has 10 heteroatoms. The quantitative estimate of drug-likeness (QED) is 0.380. The average molecular weight is 419 g/mol. The van der Waals surface area contributed by atoms with Crippen LogP contribution in [0.25, 0.3) is 22.8 Å². The highest BCUT2D eigenvalue weighted by molar-refractivity contribution is 7.98. The van der Waals surface area contributed by atoms with Crippen LogP contribution in [0.4, 0.5) is 0 Å². The van der Waals surface area contributed by atoms with E-state index < -0.39 is 0 Å². The fourth-order valence-electron chi connectivity index (χ4n) is 2.32. The number of thioether (sulfide) groups is 1. The Labute approximate surface area is 168 Å². The van der Waals surface area contributed by atoms with Gasteiger partial charge in [0.15, 0.2) is 5.82 Å². The zero-order valence-electron chi connectivity index (χ0n) is 13.7. The molecule has 2 N–H and O–H groups in total. The molecule has 0 aliphatic carbocycles. The van der Waals surface area contributed by atoms with E-state index in [1.54, 1.807) is 24.3 Å². The zero-order valence-corrected chi connectivity index (χ0v) is 16.0. The molecule has 4 aromatic rings. The van der Waals surface area contributed by atoms with Crippen molar-refractivity contribution in [3.05, 3.63) is 64.5 Å². The smallest absolute Gasteiger partial charge is 0.247 e. The van der Waals surface area contributed by atoms with E-state index in [2.05, 4.69) is 20.4 Å². The molecule has 0 saturated heterocycles. The Kier molecular flexibility index (Phi) is 5.02. The van der Waals surface area contributed by atoms with Crippen LogP contribution < -0.4 is 5.84 Å². The van der Waals surface area contributed by atoms with Gasteiger partial charge in [-0.1, -0.05) is 35.0 Å². The van der Waals surface area contributed by atoms with Crippen LogP contribution in [-0.2, 0) is 5.75 Å². The van der Waals surface area contributed by atoms with Gasteiger partial charge in [0.05, 0.1) is 5.75 Å². The Hall–Kier alpha value is -2.55. The number of rotatable bonds is 5. The Balaban J connectivity index is 1.46. The Morgan fingerprint density at radius 1 is 0.852 bits per heavy atom. The monoisotopic (exact) mass is 418 g/mol. The van der Waals surface area contributed by atoms with Crippen molar-refractivity contribution in [1.29, 1.82) is 0 Å². The van der Waals surface area contributed by atoms with E-state index in [-0.39, 0.29) is 0 Å². The number of benzene rings is 2. The molecular weight excluding hydrogens is 407 g/mol. The van der Waals surface area contributed by atoms with Crippen LogP contribution in [0.5, 0.6) is 0 Å².